The van der Waals surface area contributed by atoms with E-state index in [1.54, 1.807) is 0 Å². The van der Waals surface area contributed by atoms with Crippen molar-refractivity contribution in [3.05, 3.63) is 12.2 Å². The Morgan fingerprint density at radius 1 is 1.12 bits per heavy atom. The Morgan fingerprint density at radius 3 is 2.04 bits per heavy atom. The highest BCUT2D eigenvalue weighted by Crippen LogP contribution is 2.48. The smallest absolute Gasteiger partial charge is 0.380 e. The predicted octanol–water partition coefficient (Wildman–Crippen LogP) is 2.65. The minimum absolute atomic E-state index is 0.0523. The van der Waals surface area contributed by atoms with Gasteiger partial charge in [-0.15, -0.1) is 0 Å². The average molecular weight is 374 g/mol. The minimum Gasteiger partial charge on any atom is -0.460 e. The van der Waals surface area contributed by atoms with Crippen LogP contribution in [-0.4, -0.2) is 61.2 Å². The van der Waals surface area contributed by atoms with Crippen LogP contribution in [0.1, 0.15) is 6.92 Å². The van der Waals surface area contributed by atoms with E-state index in [2.05, 4.69) is 16.1 Å². The number of aliphatic hydroxyl groups is 1. The fraction of sp³-hybridized carbons (Fsp3) is 0.750. The maximum absolute atomic E-state index is 13.1. The van der Waals surface area contributed by atoms with E-state index >= 15 is 0 Å². The first kappa shape index (κ1) is 22.6. The number of hydrogen-bond acceptors (Lipinski definition) is 4. The lowest BCUT2D eigenvalue weighted by atomic mass is 10.1. The first-order valence-electron chi connectivity index (χ1n) is 6.17. The Balaban J connectivity index is 4.58. The lowest BCUT2D eigenvalue weighted by molar-refractivity contribution is -0.346. The van der Waals surface area contributed by atoms with Gasteiger partial charge in [0.1, 0.15) is 19.3 Å². The molecular weight excluding hydrogens is 360 g/mol. The molecule has 0 heterocycles. The minimum atomic E-state index is -6.38. The molecule has 0 aromatic rings. The summed E-state index contributed by atoms with van der Waals surface area (Å²) < 4.78 is 109. The van der Waals surface area contributed by atoms with Gasteiger partial charge in [-0.1, -0.05) is 6.58 Å². The van der Waals surface area contributed by atoms with E-state index in [0.29, 0.717) is 0 Å². The summed E-state index contributed by atoms with van der Waals surface area (Å²) in [6, 6.07) is 0. The quantitative estimate of drug-likeness (QED) is 0.363. The van der Waals surface area contributed by atoms with Crippen LogP contribution in [0.15, 0.2) is 12.2 Å². The zero-order valence-corrected chi connectivity index (χ0v) is 12.2. The maximum atomic E-state index is 13.1. The van der Waals surface area contributed by atoms with Gasteiger partial charge in [0.2, 0.25) is 0 Å². The van der Waals surface area contributed by atoms with Crippen LogP contribution in [0, 0.1) is 0 Å². The molecule has 0 aliphatic rings. The SMILES string of the molecule is C=C(C)C(=O)OCC(O)COCC(F)(F)C(F)(F)C(F)(F)C(F)F. The largest absolute Gasteiger partial charge is 0.460 e. The zero-order valence-electron chi connectivity index (χ0n) is 12.2. The predicted molar refractivity (Wildman–Crippen MR) is 63.4 cm³/mol. The molecule has 0 aromatic heterocycles. The van der Waals surface area contributed by atoms with Gasteiger partial charge < -0.3 is 14.6 Å². The molecular formula is C12H14F8O4. The van der Waals surface area contributed by atoms with Crippen LogP contribution in [0.25, 0.3) is 0 Å². The fourth-order valence-electron chi connectivity index (χ4n) is 1.14. The summed E-state index contributed by atoms with van der Waals surface area (Å²) in [6.07, 6.45) is -6.76. The van der Waals surface area contributed by atoms with E-state index in [9.17, 15) is 45.0 Å². The van der Waals surface area contributed by atoms with Gasteiger partial charge in [0, 0.05) is 5.57 Å². The van der Waals surface area contributed by atoms with Gasteiger partial charge in [0.05, 0.1) is 6.61 Å². The second-order valence-electron chi connectivity index (χ2n) is 4.75. The van der Waals surface area contributed by atoms with E-state index in [-0.39, 0.29) is 5.57 Å². The third kappa shape index (κ3) is 5.30. The van der Waals surface area contributed by atoms with E-state index in [1.165, 1.54) is 6.92 Å². The van der Waals surface area contributed by atoms with Crippen molar-refractivity contribution in [3.63, 3.8) is 0 Å². The number of rotatable bonds is 10. The Morgan fingerprint density at radius 2 is 1.62 bits per heavy atom. The molecule has 12 heteroatoms. The zero-order chi connectivity index (χ0) is 19.3. The highest BCUT2D eigenvalue weighted by atomic mass is 19.4. The molecule has 1 N–H and O–H groups in total. The van der Waals surface area contributed by atoms with Gasteiger partial charge in [-0.2, -0.15) is 26.3 Å². The molecule has 142 valence electrons. The molecule has 0 saturated heterocycles. The number of ether oxygens (including phenoxy) is 2. The van der Waals surface area contributed by atoms with Crippen molar-refractivity contribution in [1.82, 2.24) is 0 Å². The number of carbonyl (C=O) groups is 1. The highest BCUT2D eigenvalue weighted by molar-refractivity contribution is 5.86. The van der Waals surface area contributed by atoms with Crippen LogP contribution in [0.4, 0.5) is 35.1 Å². The van der Waals surface area contributed by atoms with Crippen LogP contribution in [0.2, 0.25) is 0 Å². The number of carbonyl (C=O) groups excluding carboxylic acids is 1. The summed E-state index contributed by atoms with van der Waals surface area (Å²) in [7, 11) is 0. The second kappa shape index (κ2) is 8.10. The molecule has 0 fully saturated rings. The molecule has 0 aliphatic heterocycles. The van der Waals surface area contributed by atoms with E-state index in [1.807, 2.05) is 0 Å². The summed E-state index contributed by atoms with van der Waals surface area (Å²) in [5.41, 5.74) is -0.0523. The first-order chi connectivity index (χ1) is 10.7. The van der Waals surface area contributed by atoms with Crippen molar-refractivity contribution in [2.24, 2.45) is 0 Å². The van der Waals surface area contributed by atoms with Crippen molar-refractivity contribution in [1.29, 1.82) is 0 Å². The third-order valence-corrected chi connectivity index (χ3v) is 2.50. The lowest BCUT2D eigenvalue weighted by Crippen LogP contribution is -2.59. The van der Waals surface area contributed by atoms with Crippen molar-refractivity contribution in [2.45, 2.75) is 37.2 Å². The number of esters is 1. The van der Waals surface area contributed by atoms with E-state index in [0.717, 1.165) is 0 Å². The molecule has 4 nitrogen and oxygen atoms in total. The number of aliphatic hydroxyl groups excluding tert-OH is 1. The van der Waals surface area contributed by atoms with Gasteiger partial charge in [-0.25, -0.2) is 13.6 Å². The molecule has 0 aliphatic carbocycles. The molecule has 0 spiro atoms. The van der Waals surface area contributed by atoms with E-state index < -0.39 is 56.1 Å². The summed E-state index contributed by atoms with van der Waals surface area (Å²) in [5.74, 6) is -19.2. The Kier molecular flexibility index (Phi) is 7.62. The van der Waals surface area contributed by atoms with Gasteiger partial charge >= 0.3 is 30.2 Å². The lowest BCUT2D eigenvalue weighted by Gasteiger charge is -2.32. The van der Waals surface area contributed by atoms with Gasteiger partial charge in [-0.05, 0) is 6.92 Å². The Labute approximate surface area is 131 Å². The Bertz CT molecular complexity index is 452. The second-order valence-corrected chi connectivity index (χ2v) is 4.75. The van der Waals surface area contributed by atoms with Gasteiger partial charge in [0.25, 0.3) is 0 Å². The molecule has 0 aromatic carbocycles. The topological polar surface area (TPSA) is 55.8 Å². The molecule has 0 radical (unpaired) electrons. The molecule has 1 unspecified atom stereocenters. The van der Waals surface area contributed by atoms with Gasteiger partial charge in [-0.3, -0.25) is 0 Å². The van der Waals surface area contributed by atoms with Crippen molar-refractivity contribution in [3.8, 4) is 0 Å². The molecule has 0 rings (SSSR count). The maximum Gasteiger partial charge on any atom is 0.380 e. The van der Waals surface area contributed by atoms with Crippen LogP contribution >= 0.6 is 0 Å². The number of halogens is 8. The molecule has 0 amide bonds. The van der Waals surface area contributed by atoms with Crippen LogP contribution in [-0.2, 0) is 14.3 Å². The van der Waals surface area contributed by atoms with Crippen molar-refractivity contribution in [2.75, 3.05) is 19.8 Å². The fourth-order valence-corrected chi connectivity index (χ4v) is 1.14. The summed E-state index contributed by atoms with van der Waals surface area (Å²) in [6.45, 7) is 0.204. The number of hydrogen-bond donors (Lipinski definition) is 1. The molecule has 0 bridgehead atoms. The van der Waals surface area contributed by atoms with E-state index in [4.69, 9.17) is 0 Å². The summed E-state index contributed by atoms with van der Waals surface area (Å²) >= 11 is 0. The Hall–Kier alpha value is -1.43. The third-order valence-electron chi connectivity index (χ3n) is 2.50. The van der Waals surface area contributed by atoms with Crippen LogP contribution < -0.4 is 0 Å². The number of alkyl halides is 8. The van der Waals surface area contributed by atoms with Crippen LogP contribution in [0.3, 0.4) is 0 Å². The highest BCUT2D eigenvalue weighted by Gasteiger charge is 2.75. The van der Waals surface area contributed by atoms with Gasteiger partial charge in [0.15, 0.2) is 0 Å². The van der Waals surface area contributed by atoms with Crippen molar-refractivity contribution < 1.29 is 54.5 Å². The first-order valence-corrected chi connectivity index (χ1v) is 6.17. The summed E-state index contributed by atoms with van der Waals surface area (Å²) in [5, 5.41) is 9.20. The molecule has 1 atom stereocenters. The molecule has 0 saturated carbocycles. The normalized spacial score (nSPS) is 14.6. The monoisotopic (exact) mass is 374 g/mol. The van der Waals surface area contributed by atoms with Crippen molar-refractivity contribution >= 4 is 5.97 Å². The standard InChI is InChI=1S/C12H14F8O4/c1-6(2)8(22)24-4-7(21)3-23-5-10(15,16)12(19,20)11(17,18)9(13)14/h7,9,21H,1,3-5H2,2H3. The average Bonchev–Trinajstić information content (AvgIpc) is 2.43. The molecule has 24 heavy (non-hydrogen) atoms. The summed E-state index contributed by atoms with van der Waals surface area (Å²) in [4.78, 5) is 10.9. The van der Waals surface area contributed by atoms with Crippen LogP contribution in [0.5, 0.6) is 0 Å².